The lowest BCUT2D eigenvalue weighted by Crippen LogP contribution is -2.55. The standard InChI is InChI=1S/C15H27N3O/c1-6-7-14-9-18(10(2)8-16-14)12(4)15-11(3)17-19-13(15)5/h10,12,14,16H,6-9H2,1-5H3. The van der Waals surface area contributed by atoms with Gasteiger partial charge in [0, 0.05) is 36.8 Å². The molecule has 4 nitrogen and oxygen atoms in total. The molecule has 1 fully saturated rings. The van der Waals surface area contributed by atoms with Crippen LogP contribution in [0.4, 0.5) is 0 Å². The number of nitrogens with one attached hydrogen (secondary N) is 1. The highest BCUT2D eigenvalue weighted by atomic mass is 16.5. The molecule has 2 rings (SSSR count). The van der Waals surface area contributed by atoms with E-state index in [9.17, 15) is 0 Å². The van der Waals surface area contributed by atoms with E-state index in [0.717, 1.165) is 24.5 Å². The van der Waals surface area contributed by atoms with Crippen LogP contribution < -0.4 is 5.32 Å². The topological polar surface area (TPSA) is 41.3 Å². The fourth-order valence-corrected chi connectivity index (χ4v) is 3.29. The summed E-state index contributed by atoms with van der Waals surface area (Å²) in [6, 6.07) is 1.55. The third kappa shape index (κ3) is 3.00. The molecule has 19 heavy (non-hydrogen) atoms. The van der Waals surface area contributed by atoms with Crippen molar-refractivity contribution < 1.29 is 4.52 Å². The first kappa shape index (κ1) is 14.5. The molecule has 0 radical (unpaired) electrons. The van der Waals surface area contributed by atoms with E-state index in [0.29, 0.717) is 18.1 Å². The van der Waals surface area contributed by atoms with E-state index in [1.54, 1.807) is 0 Å². The molecule has 1 saturated heterocycles. The van der Waals surface area contributed by atoms with E-state index in [4.69, 9.17) is 4.52 Å². The van der Waals surface area contributed by atoms with Gasteiger partial charge in [-0.1, -0.05) is 18.5 Å². The second kappa shape index (κ2) is 6.06. The van der Waals surface area contributed by atoms with Crippen molar-refractivity contribution in [2.45, 2.75) is 65.6 Å². The van der Waals surface area contributed by atoms with Gasteiger partial charge in [-0.25, -0.2) is 0 Å². The van der Waals surface area contributed by atoms with Gasteiger partial charge < -0.3 is 9.84 Å². The Balaban J connectivity index is 2.14. The first-order chi connectivity index (χ1) is 9.04. The molecule has 0 amide bonds. The number of aromatic nitrogens is 1. The Morgan fingerprint density at radius 2 is 2.21 bits per heavy atom. The first-order valence-corrected chi connectivity index (χ1v) is 7.46. The lowest BCUT2D eigenvalue weighted by atomic mass is 9.99. The molecule has 1 aromatic rings. The van der Waals surface area contributed by atoms with Gasteiger partial charge in [-0.2, -0.15) is 0 Å². The van der Waals surface area contributed by atoms with Crippen molar-refractivity contribution in [2.24, 2.45) is 0 Å². The third-order valence-corrected chi connectivity index (χ3v) is 4.34. The summed E-state index contributed by atoms with van der Waals surface area (Å²) in [5, 5.41) is 7.74. The van der Waals surface area contributed by atoms with Gasteiger partial charge in [0.05, 0.1) is 5.69 Å². The highest BCUT2D eigenvalue weighted by molar-refractivity contribution is 5.25. The summed E-state index contributed by atoms with van der Waals surface area (Å²) < 4.78 is 5.32. The molecule has 4 heteroatoms. The average Bonchev–Trinajstić information content (AvgIpc) is 2.71. The van der Waals surface area contributed by atoms with Gasteiger partial charge in [0.1, 0.15) is 5.76 Å². The van der Waals surface area contributed by atoms with Gasteiger partial charge >= 0.3 is 0 Å². The molecule has 3 unspecified atom stereocenters. The predicted octanol–water partition coefficient (Wildman–Crippen LogP) is 2.81. The van der Waals surface area contributed by atoms with E-state index in [-0.39, 0.29) is 0 Å². The number of hydrogen-bond donors (Lipinski definition) is 1. The van der Waals surface area contributed by atoms with Crippen LogP contribution in [0.15, 0.2) is 4.52 Å². The smallest absolute Gasteiger partial charge is 0.138 e. The molecule has 2 heterocycles. The second-order valence-corrected chi connectivity index (χ2v) is 5.85. The molecular formula is C15H27N3O. The van der Waals surface area contributed by atoms with E-state index >= 15 is 0 Å². The summed E-state index contributed by atoms with van der Waals surface area (Å²) in [7, 11) is 0. The Bertz CT molecular complexity index is 396. The van der Waals surface area contributed by atoms with E-state index < -0.39 is 0 Å². The van der Waals surface area contributed by atoms with E-state index in [1.165, 1.54) is 18.4 Å². The fraction of sp³-hybridized carbons (Fsp3) is 0.800. The van der Waals surface area contributed by atoms with E-state index in [2.05, 4.69) is 36.1 Å². The summed E-state index contributed by atoms with van der Waals surface area (Å²) in [4.78, 5) is 2.59. The fourth-order valence-electron chi connectivity index (χ4n) is 3.29. The van der Waals surface area contributed by atoms with Crippen LogP contribution >= 0.6 is 0 Å². The number of rotatable bonds is 4. The van der Waals surface area contributed by atoms with Gasteiger partial charge in [-0.15, -0.1) is 0 Å². The zero-order valence-corrected chi connectivity index (χ0v) is 12.9. The molecule has 1 aliphatic rings. The molecule has 0 aromatic carbocycles. The van der Waals surface area contributed by atoms with Gasteiger partial charge in [0.15, 0.2) is 0 Å². The van der Waals surface area contributed by atoms with E-state index in [1.807, 2.05) is 13.8 Å². The van der Waals surface area contributed by atoms with Crippen LogP contribution in [0.1, 0.15) is 56.7 Å². The summed E-state index contributed by atoms with van der Waals surface area (Å²) >= 11 is 0. The first-order valence-electron chi connectivity index (χ1n) is 7.46. The Kier molecular flexibility index (Phi) is 4.63. The van der Waals surface area contributed by atoms with Crippen LogP contribution in [0.2, 0.25) is 0 Å². The van der Waals surface area contributed by atoms with Crippen molar-refractivity contribution in [3.05, 3.63) is 17.0 Å². The van der Waals surface area contributed by atoms with Crippen LogP contribution in [-0.2, 0) is 0 Å². The van der Waals surface area contributed by atoms with Gasteiger partial charge in [0.25, 0.3) is 0 Å². The molecule has 0 aliphatic carbocycles. The van der Waals surface area contributed by atoms with Gasteiger partial charge in [-0.3, -0.25) is 4.90 Å². The zero-order chi connectivity index (χ0) is 14.0. The molecule has 1 aromatic heterocycles. The van der Waals surface area contributed by atoms with Crippen molar-refractivity contribution in [1.29, 1.82) is 0 Å². The molecule has 0 spiro atoms. The molecule has 1 aliphatic heterocycles. The minimum absolute atomic E-state index is 0.378. The van der Waals surface area contributed by atoms with Crippen molar-refractivity contribution in [3.8, 4) is 0 Å². The quantitative estimate of drug-likeness (QED) is 0.909. The third-order valence-electron chi connectivity index (χ3n) is 4.34. The Morgan fingerprint density at radius 1 is 1.47 bits per heavy atom. The number of piperazine rings is 1. The normalized spacial score (nSPS) is 26.6. The second-order valence-electron chi connectivity index (χ2n) is 5.85. The highest BCUT2D eigenvalue weighted by Gasteiger charge is 2.31. The van der Waals surface area contributed by atoms with Crippen molar-refractivity contribution in [1.82, 2.24) is 15.4 Å². The highest BCUT2D eigenvalue weighted by Crippen LogP contribution is 2.29. The number of aryl methyl sites for hydroxylation is 2. The van der Waals surface area contributed by atoms with Gasteiger partial charge in [-0.05, 0) is 34.1 Å². The molecule has 0 saturated carbocycles. The Labute approximate surface area is 116 Å². The molecule has 0 bridgehead atoms. The van der Waals surface area contributed by atoms with Crippen LogP contribution in [0.5, 0.6) is 0 Å². The SMILES string of the molecule is CCCC1CN(C(C)c2c(C)noc2C)C(C)CN1. The largest absolute Gasteiger partial charge is 0.361 e. The zero-order valence-electron chi connectivity index (χ0n) is 12.9. The maximum Gasteiger partial charge on any atom is 0.138 e. The van der Waals surface area contributed by atoms with Crippen molar-refractivity contribution in [3.63, 3.8) is 0 Å². The monoisotopic (exact) mass is 265 g/mol. The summed E-state index contributed by atoms with van der Waals surface area (Å²) in [5.74, 6) is 0.961. The summed E-state index contributed by atoms with van der Waals surface area (Å²) in [6.07, 6.45) is 2.48. The molecular weight excluding hydrogens is 238 g/mol. The van der Waals surface area contributed by atoms with Gasteiger partial charge in [0.2, 0.25) is 0 Å². The van der Waals surface area contributed by atoms with Crippen LogP contribution in [0, 0.1) is 13.8 Å². The predicted molar refractivity (Wildman–Crippen MR) is 77.3 cm³/mol. The van der Waals surface area contributed by atoms with Crippen molar-refractivity contribution >= 4 is 0 Å². The lowest BCUT2D eigenvalue weighted by Gasteiger charge is -2.42. The molecule has 3 atom stereocenters. The Morgan fingerprint density at radius 3 is 2.79 bits per heavy atom. The number of hydrogen-bond acceptors (Lipinski definition) is 4. The molecule has 1 N–H and O–H groups in total. The Hall–Kier alpha value is -0.870. The average molecular weight is 265 g/mol. The summed E-state index contributed by atoms with van der Waals surface area (Å²) in [6.45, 7) is 13.1. The van der Waals surface area contributed by atoms with Crippen LogP contribution in [-0.4, -0.2) is 35.2 Å². The number of nitrogens with zero attached hydrogens (tertiary/aromatic N) is 2. The summed E-state index contributed by atoms with van der Waals surface area (Å²) in [5.41, 5.74) is 2.30. The lowest BCUT2D eigenvalue weighted by molar-refractivity contribution is 0.0949. The van der Waals surface area contributed by atoms with Crippen LogP contribution in [0.25, 0.3) is 0 Å². The minimum Gasteiger partial charge on any atom is -0.361 e. The van der Waals surface area contributed by atoms with Crippen LogP contribution in [0.3, 0.4) is 0 Å². The maximum absolute atomic E-state index is 5.32. The minimum atomic E-state index is 0.378. The molecule has 108 valence electrons. The van der Waals surface area contributed by atoms with Crippen molar-refractivity contribution in [2.75, 3.05) is 13.1 Å². The maximum atomic E-state index is 5.32.